The molecular formula is C5H9NO. The van der Waals surface area contributed by atoms with Crippen molar-refractivity contribution in [3.8, 4) is 6.07 Å². The number of rotatable bonds is 1. The lowest BCUT2D eigenvalue weighted by Crippen LogP contribution is -2.18. The summed E-state index contributed by atoms with van der Waals surface area (Å²) in [4.78, 5) is 0. The predicted molar refractivity (Wildman–Crippen MR) is 26.5 cm³/mol. The first-order valence-electron chi connectivity index (χ1n) is 2.26. The van der Waals surface area contributed by atoms with E-state index in [2.05, 4.69) is 0 Å². The van der Waals surface area contributed by atoms with Crippen LogP contribution in [0.4, 0.5) is 0 Å². The largest absolute Gasteiger partial charge is 0.376 e. The van der Waals surface area contributed by atoms with Crippen LogP contribution in [-0.4, -0.2) is 10.7 Å². The quantitative estimate of drug-likeness (QED) is 0.491. The molecule has 0 rings (SSSR count). The Morgan fingerprint density at radius 1 is 1.86 bits per heavy atom. The van der Waals surface area contributed by atoms with E-state index in [-0.39, 0.29) is 0 Å². The number of hydrogen-bond donors (Lipinski definition) is 1. The van der Waals surface area contributed by atoms with Gasteiger partial charge in [0.25, 0.3) is 0 Å². The zero-order chi connectivity index (χ0) is 5.91. The fourth-order valence-electron chi connectivity index (χ4n) is 0.0791. The van der Waals surface area contributed by atoms with Gasteiger partial charge in [0.05, 0.1) is 6.07 Å². The third kappa shape index (κ3) is 2.18. The minimum absolute atomic E-state index is 0.490. The molecule has 0 aliphatic carbocycles. The van der Waals surface area contributed by atoms with Crippen molar-refractivity contribution in [1.82, 2.24) is 0 Å². The Morgan fingerprint density at radius 3 is 2.29 bits per heavy atom. The van der Waals surface area contributed by atoms with Crippen molar-refractivity contribution >= 4 is 0 Å². The molecule has 0 heterocycles. The smallest absolute Gasteiger partial charge is 0.148 e. The van der Waals surface area contributed by atoms with Crippen LogP contribution in [0.1, 0.15) is 20.3 Å². The Hall–Kier alpha value is -0.550. The zero-order valence-electron chi connectivity index (χ0n) is 4.60. The summed E-state index contributed by atoms with van der Waals surface area (Å²) in [5, 5.41) is 16.9. The highest BCUT2D eigenvalue weighted by atomic mass is 16.3. The van der Waals surface area contributed by atoms with E-state index < -0.39 is 5.60 Å². The molecule has 2 nitrogen and oxygen atoms in total. The van der Waals surface area contributed by atoms with E-state index in [1.54, 1.807) is 13.0 Å². The van der Waals surface area contributed by atoms with Gasteiger partial charge in [-0.05, 0) is 13.3 Å². The summed E-state index contributed by atoms with van der Waals surface area (Å²) in [6.45, 7) is 3.26. The summed E-state index contributed by atoms with van der Waals surface area (Å²) in [6.07, 6.45) is 0.490. The van der Waals surface area contributed by atoms with Crippen LogP contribution >= 0.6 is 0 Å². The van der Waals surface area contributed by atoms with Crippen LogP contribution in [-0.2, 0) is 0 Å². The molecular weight excluding hydrogens is 90.1 g/mol. The molecule has 40 valence electrons. The molecule has 0 aromatic rings. The molecule has 1 atom stereocenters. The van der Waals surface area contributed by atoms with Crippen molar-refractivity contribution < 1.29 is 5.11 Å². The third-order valence-electron chi connectivity index (χ3n) is 0.929. The summed E-state index contributed by atoms with van der Waals surface area (Å²) in [6, 6.07) is 1.75. The lowest BCUT2D eigenvalue weighted by molar-refractivity contribution is 0.116. The van der Waals surface area contributed by atoms with Gasteiger partial charge in [-0.1, -0.05) is 6.92 Å². The van der Waals surface area contributed by atoms with E-state index in [1.807, 2.05) is 0 Å². The average molecular weight is 99.1 g/mol. The molecule has 0 spiro atoms. The summed E-state index contributed by atoms with van der Waals surface area (Å²) in [5.74, 6) is 0. The van der Waals surface area contributed by atoms with Gasteiger partial charge in [0.1, 0.15) is 5.60 Å². The molecule has 0 bridgehead atoms. The van der Waals surface area contributed by atoms with Gasteiger partial charge in [-0.15, -0.1) is 0 Å². The number of nitriles is 1. The van der Waals surface area contributed by atoms with Gasteiger partial charge < -0.3 is 5.11 Å². The zero-order valence-corrected chi connectivity index (χ0v) is 4.60. The first kappa shape index (κ1) is 6.45. The number of hydrogen-bond acceptors (Lipinski definition) is 2. The second-order valence-electron chi connectivity index (χ2n) is 1.74. The van der Waals surface area contributed by atoms with Gasteiger partial charge in [0.2, 0.25) is 0 Å². The molecule has 2 heteroatoms. The van der Waals surface area contributed by atoms with Crippen LogP contribution in [0.15, 0.2) is 0 Å². The molecule has 0 aliphatic rings. The number of nitrogens with zero attached hydrogens (tertiary/aromatic N) is 1. The maximum Gasteiger partial charge on any atom is 0.148 e. The molecule has 0 amide bonds. The maximum absolute atomic E-state index is 8.77. The van der Waals surface area contributed by atoms with Crippen molar-refractivity contribution in [1.29, 1.82) is 5.26 Å². The third-order valence-corrected chi connectivity index (χ3v) is 0.929. The Morgan fingerprint density at radius 2 is 2.29 bits per heavy atom. The highest BCUT2D eigenvalue weighted by Gasteiger charge is 2.13. The van der Waals surface area contributed by atoms with Crippen LogP contribution < -0.4 is 0 Å². The van der Waals surface area contributed by atoms with Gasteiger partial charge in [-0.2, -0.15) is 5.26 Å². The highest BCUT2D eigenvalue weighted by Crippen LogP contribution is 2.03. The Balaban J connectivity index is 3.66. The molecule has 0 saturated carbocycles. The lowest BCUT2D eigenvalue weighted by Gasteiger charge is -2.07. The first-order valence-corrected chi connectivity index (χ1v) is 2.26. The maximum atomic E-state index is 8.77. The predicted octanol–water partition coefficient (Wildman–Crippen LogP) is 0.671. The monoisotopic (exact) mass is 99.1 g/mol. The fourth-order valence-corrected chi connectivity index (χ4v) is 0.0791. The van der Waals surface area contributed by atoms with Crippen molar-refractivity contribution in [3.63, 3.8) is 0 Å². The van der Waals surface area contributed by atoms with E-state index in [4.69, 9.17) is 10.4 Å². The second kappa shape index (κ2) is 1.94. The topological polar surface area (TPSA) is 44.0 Å². The molecule has 0 fully saturated rings. The molecule has 1 N–H and O–H groups in total. The van der Waals surface area contributed by atoms with E-state index in [9.17, 15) is 0 Å². The Kier molecular flexibility index (Phi) is 1.79. The summed E-state index contributed by atoms with van der Waals surface area (Å²) in [5.41, 5.74) is -1.11. The van der Waals surface area contributed by atoms with Crippen LogP contribution in [0.3, 0.4) is 0 Å². The van der Waals surface area contributed by atoms with Crippen LogP contribution in [0.25, 0.3) is 0 Å². The molecule has 7 heavy (non-hydrogen) atoms. The minimum atomic E-state index is -1.11. The van der Waals surface area contributed by atoms with E-state index in [0.29, 0.717) is 6.42 Å². The standard InChI is InChI=1S/C5H9NO/c1-3-5(2,7)4-6/h7H,3H2,1-2H3/t5-/m1/s1. The summed E-state index contributed by atoms with van der Waals surface area (Å²) >= 11 is 0. The SMILES string of the molecule is CC[C@@](C)(O)C#N. The van der Waals surface area contributed by atoms with E-state index in [0.717, 1.165) is 0 Å². The molecule has 0 saturated heterocycles. The molecule has 0 radical (unpaired) electrons. The van der Waals surface area contributed by atoms with Gasteiger partial charge in [0, 0.05) is 0 Å². The van der Waals surface area contributed by atoms with Crippen molar-refractivity contribution in [2.24, 2.45) is 0 Å². The van der Waals surface area contributed by atoms with Crippen molar-refractivity contribution in [2.75, 3.05) is 0 Å². The minimum Gasteiger partial charge on any atom is -0.376 e. The normalized spacial score (nSPS) is 17.4. The van der Waals surface area contributed by atoms with Crippen LogP contribution in [0.5, 0.6) is 0 Å². The molecule has 0 aromatic carbocycles. The summed E-state index contributed by atoms with van der Waals surface area (Å²) < 4.78 is 0. The van der Waals surface area contributed by atoms with Gasteiger partial charge >= 0.3 is 0 Å². The molecule has 0 aromatic heterocycles. The van der Waals surface area contributed by atoms with E-state index in [1.165, 1.54) is 6.92 Å². The lowest BCUT2D eigenvalue weighted by atomic mass is 10.1. The van der Waals surface area contributed by atoms with E-state index >= 15 is 0 Å². The first-order chi connectivity index (χ1) is 3.12. The van der Waals surface area contributed by atoms with Crippen molar-refractivity contribution in [2.45, 2.75) is 25.9 Å². The molecule has 0 aliphatic heterocycles. The van der Waals surface area contributed by atoms with Crippen molar-refractivity contribution in [3.05, 3.63) is 0 Å². The Labute approximate surface area is 43.4 Å². The average Bonchev–Trinajstić information content (AvgIpc) is 1.68. The van der Waals surface area contributed by atoms with Crippen LogP contribution in [0, 0.1) is 11.3 Å². The molecule has 0 unspecified atom stereocenters. The second-order valence-corrected chi connectivity index (χ2v) is 1.74. The summed E-state index contributed by atoms with van der Waals surface area (Å²) in [7, 11) is 0. The van der Waals surface area contributed by atoms with Crippen LogP contribution in [0.2, 0.25) is 0 Å². The van der Waals surface area contributed by atoms with Gasteiger partial charge in [0.15, 0.2) is 0 Å². The number of aliphatic hydroxyl groups is 1. The highest BCUT2D eigenvalue weighted by molar-refractivity contribution is 4.94. The van der Waals surface area contributed by atoms with Gasteiger partial charge in [-0.3, -0.25) is 0 Å². The Bertz CT molecular complexity index is 90.7. The fraction of sp³-hybridized carbons (Fsp3) is 0.800. The van der Waals surface area contributed by atoms with Gasteiger partial charge in [-0.25, -0.2) is 0 Å².